The number of fused-ring (bicyclic) bond motifs is 8. The van der Waals surface area contributed by atoms with Gasteiger partial charge < -0.3 is 13.9 Å². The average molecular weight is 779 g/mol. The molecule has 286 valence electrons. The lowest BCUT2D eigenvalue weighted by Crippen LogP contribution is -2.10. The van der Waals surface area contributed by atoms with Crippen molar-refractivity contribution < 1.29 is 4.42 Å². The van der Waals surface area contributed by atoms with Gasteiger partial charge in [-0.25, -0.2) is 0 Å². The van der Waals surface area contributed by atoms with E-state index >= 15 is 0 Å². The molecule has 2 heterocycles. The number of anilines is 3. The fraction of sp³-hybridized carbons (Fsp3) is 0. The van der Waals surface area contributed by atoms with E-state index in [1.165, 1.54) is 43.8 Å². The molecule has 0 saturated heterocycles. The second-order valence-electron chi connectivity index (χ2n) is 15.7. The van der Waals surface area contributed by atoms with Crippen LogP contribution in [0.2, 0.25) is 0 Å². The van der Waals surface area contributed by atoms with Crippen molar-refractivity contribution in [1.29, 1.82) is 0 Å². The molecule has 0 bridgehead atoms. The molecule has 12 rings (SSSR count). The molecule has 0 aliphatic heterocycles. The fourth-order valence-corrected chi connectivity index (χ4v) is 9.36. The van der Waals surface area contributed by atoms with Crippen LogP contribution in [-0.4, -0.2) is 4.57 Å². The minimum absolute atomic E-state index is 0.867. The highest BCUT2D eigenvalue weighted by atomic mass is 16.3. The zero-order valence-corrected chi connectivity index (χ0v) is 33.2. The Bertz CT molecular complexity index is 3470. The third-order valence-corrected chi connectivity index (χ3v) is 12.2. The number of benzene rings is 10. The molecule has 61 heavy (non-hydrogen) atoms. The highest BCUT2D eigenvalue weighted by Crippen LogP contribution is 2.48. The maximum Gasteiger partial charge on any atom is 0.143 e. The van der Waals surface area contributed by atoms with Crippen LogP contribution in [0.15, 0.2) is 235 Å². The Labute approximate surface area is 353 Å². The van der Waals surface area contributed by atoms with Gasteiger partial charge in [0.05, 0.1) is 11.0 Å². The highest BCUT2D eigenvalue weighted by molar-refractivity contribution is 6.23. The van der Waals surface area contributed by atoms with Crippen molar-refractivity contribution in [3.63, 3.8) is 0 Å². The summed E-state index contributed by atoms with van der Waals surface area (Å²) in [6, 6.07) is 82.8. The summed E-state index contributed by atoms with van der Waals surface area (Å²) in [5.74, 6) is 0. The third-order valence-electron chi connectivity index (χ3n) is 12.2. The fourth-order valence-electron chi connectivity index (χ4n) is 9.36. The monoisotopic (exact) mass is 778 g/mol. The summed E-state index contributed by atoms with van der Waals surface area (Å²) in [6.07, 6.45) is 0. The summed E-state index contributed by atoms with van der Waals surface area (Å²) < 4.78 is 9.48. The highest BCUT2D eigenvalue weighted by Gasteiger charge is 2.24. The minimum Gasteiger partial charge on any atom is -0.455 e. The molecular weight excluding hydrogens is 741 g/mol. The van der Waals surface area contributed by atoms with Crippen LogP contribution < -0.4 is 4.90 Å². The maximum absolute atomic E-state index is 7.06. The van der Waals surface area contributed by atoms with E-state index in [-0.39, 0.29) is 0 Å². The number of para-hydroxylation sites is 3. The van der Waals surface area contributed by atoms with E-state index in [9.17, 15) is 0 Å². The van der Waals surface area contributed by atoms with Crippen molar-refractivity contribution in [3.05, 3.63) is 231 Å². The Morgan fingerprint density at radius 3 is 1.59 bits per heavy atom. The SMILES string of the molecule is c1ccc(-c2ccc(N(c3ccc(-c4ccccc4)cc3)c3cc(-c4cccc5c6ccccc6n(-c6ccccc6)c45)c4oc5ccc6ccccc6c5c4c3)cc2)cc1. The van der Waals surface area contributed by atoms with Gasteiger partial charge in [0.1, 0.15) is 11.2 Å². The van der Waals surface area contributed by atoms with Crippen LogP contribution in [0.1, 0.15) is 0 Å². The second kappa shape index (κ2) is 14.3. The number of hydrogen-bond acceptors (Lipinski definition) is 2. The summed E-state index contributed by atoms with van der Waals surface area (Å²) in [7, 11) is 0. The first kappa shape index (κ1) is 34.9. The van der Waals surface area contributed by atoms with Crippen molar-refractivity contribution in [2.45, 2.75) is 0 Å². The van der Waals surface area contributed by atoms with Gasteiger partial charge in [-0.3, -0.25) is 0 Å². The van der Waals surface area contributed by atoms with E-state index in [2.05, 4.69) is 240 Å². The molecule has 0 spiro atoms. The van der Waals surface area contributed by atoms with Gasteiger partial charge in [-0.05, 0) is 93.7 Å². The minimum atomic E-state index is 0.867. The van der Waals surface area contributed by atoms with Crippen LogP contribution >= 0.6 is 0 Å². The molecular formula is C58H38N2O. The van der Waals surface area contributed by atoms with Gasteiger partial charge in [0.25, 0.3) is 0 Å². The van der Waals surface area contributed by atoms with Gasteiger partial charge in [0, 0.05) is 55.4 Å². The van der Waals surface area contributed by atoms with E-state index in [0.29, 0.717) is 0 Å². The van der Waals surface area contributed by atoms with Gasteiger partial charge in [-0.1, -0.05) is 170 Å². The van der Waals surface area contributed by atoms with Crippen molar-refractivity contribution in [3.8, 4) is 39.1 Å². The Morgan fingerprint density at radius 2 is 0.918 bits per heavy atom. The van der Waals surface area contributed by atoms with Crippen molar-refractivity contribution in [2.75, 3.05) is 4.90 Å². The van der Waals surface area contributed by atoms with Crippen LogP contribution in [0.25, 0.3) is 93.6 Å². The van der Waals surface area contributed by atoms with Crippen molar-refractivity contribution in [1.82, 2.24) is 4.57 Å². The molecule has 0 radical (unpaired) electrons. The Hall–Kier alpha value is -8.14. The van der Waals surface area contributed by atoms with Crippen LogP contribution in [0.3, 0.4) is 0 Å². The van der Waals surface area contributed by atoms with Gasteiger partial charge in [-0.2, -0.15) is 0 Å². The van der Waals surface area contributed by atoms with Gasteiger partial charge in [0.2, 0.25) is 0 Å². The molecule has 0 saturated carbocycles. The van der Waals surface area contributed by atoms with Gasteiger partial charge in [0.15, 0.2) is 0 Å². The van der Waals surface area contributed by atoms with E-state index in [4.69, 9.17) is 4.42 Å². The second-order valence-corrected chi connectivity index (χ2v) is 15.7. The van der Waals surface area contributed by atoms with Crippen molar-refractivity contribution in [2.24, 2.45) is 0 Å². The summed E-state index contributed by atoms with van der Waals surface area (Å²) in [5.41, 5.74) is 15.2. The van der Waals surface area contributed by atoms with Crippen LogP contribution in [0.4, 0.5) is 17.1 Å². The Balaban J connectivity index is 1.17. The van der Waals surface area contributed by atoms with E-state index in [1.807, 2.05) is 0 Å². The van der Waals surface area contributed by atoms with Gasteiger partial charge in [-0.15, -0.1) is 0 Å². The standard InChI is InChI=1S/C58H38N2O/c1-4-15-39(16-5-1)41-27-32-45(33-28-41)59(46-34-29-42(30-35-46)40-17-6-2-7-18-40)47-37-52(58-53(38-47)56-48-22-11-10-19-43(48)31-36-55(56)61-58)51-25-14-24-50-49-23-12-13-26-54(49)60(57(50)51)44-20-8-3-9-21-44/h1-38H. The molecule has 0 amide bonds. The Kier molecular flexibility index (Phi) is 8.17. The number of furan rings is 1. The molecule has 3 heteroatoms. The first-order valence-electron chi connectivity index (χ1n) is 20.8. The summed E-state index contributed by atoms with van der Waals surface area (Å²) in [4.78, 5) is 2.39. The molecule has 0 N–H and O–H groups in total. The number of hydrogen-bond donors (Lipinski definition) is 0. The lowest BCUT2D eigenvalue weighted by molar-refractivity contribution is 0.670. The molecule has 0 fully saturated rings. The molecule has 0 unspecified atom stereocenters. The normalized spacial score (nSPS) is 11.6. The molecule has 2 aromatic heterocycles. The molecule has 10 aromatic carbocycles. The van der Waals surface area contributed by atoms with Crippen LogP contribution in [0, 0.1) is 0 Å². The first-order chi connectivity index (χ1) is 30.3. The van der Waals surface area contributed by atoms with Crippen LogP contribution in [-0.2, 0) is 0 Å². The number of rotatable bonds is 7. The topological polar surface area (TPSA) is 21.3 Å². The van der Waals surface area contributed by atoms with Crippen molar-refractivity contribution >= 4 is 71.6 Å². The summed E-state index contributed by atoms with van der Waals surface area (Å²) in [5, 5.41) is 6.95. The zero-order chi connectivity index (χ0) is 40.3. The van der Waals surface area contributed by atoms with E-state index in [1.54, 1.807) is 0 Å². The first-order valence-corrected chi connectivity index (χ1v) is 20.8. The lowest BCUT2D eigenvalue weighted by atomic mass is 9.96. The summed E-state index contributed by atoms with van der Waals surface area (Å²) in [6.45, 7) is 0. The largest absolute Gasteiger partial charge is 0.455 e. The molecule has 12 aromatic rings. The maximum atomic E-state index is 7.06. The van der Waals surface area contributed by atoms with E-state index < -0.39 is 0 Å². The zero-order valence-electron chi connectivity index (χ0n) is 33.2. The predicted octanol–water partition coefficient (Wildman–Crippen LogP) is 16.3. The van der Waals surface area contributed by atoms with Gasteiger partial charge >= 0.3 is 0 Å². The quantitative estimate of drug-likeness (QED) is 0.161. The lowest BCUT2D eigenvalue weighted by Gasteiger charge is -2.27. The van der Waals surface area contributed by atoms with Crippen LogP contribution in [0.5, 0.6) is 0 Å². The summed E-state index contributed by atoms with van der Waals surface area (Å²) >= 11 is 0. The molecule has 0 atom stereocenters. The Morgan fingerprint density at radius 1 is 0.361 bits per heavy atom. The molecule has 0 aliphatic rings. The smallest absolute Gasteiger partial charge is 0.143 e. The molecule has 3 nitrogen and oxygen atoms in total. The predicted molar refractivity (Wildman–Crippen MR) is 257 cm³/mol. The average Bonchev–Trinajstić information content (AvgIpc) is 3.89. The third kappa shape index (κ3) is 5.82. The number of aromatic nitrogens is 1. The van der Waals surface area contributed by atoms with E-state index in [0.717, 1.165) is 66.8 Å². The molecule has 0 aliphatic carbocycles. The number of nitrogens with zero attached hydrogens (tertiary/aromatic N) is 2.